The van der Waals surface area contributed by atoms with Crippen molar-refractivity contribution in [2.45, 2.75) is 0 Å². The fraction of sp³-hybridized carbons (Fsp3) is 0. The fourth-order valence-electron chi connectivity index (χ4n) is 1.80. The first-order valence-corrected chi connectivity index (χ1v) is 5.25. The molecule has 0 unspecified atom stereocenters. The van der Waals surface area contributed by atoms with Gasteiger partial charge in [-0.25, -0.2) is 18.2 Å². The number of rotatable bonds is 1. The van der Waals surface area contributed by atoms with Crippen molar-refractivity contribution in [1.29, 1.82) is 0 Å². The van der Waals surface area contributed by atoms with E-state index < -0.39 is 17.5 Å². The zero-order valence-corrected chi connectivity index (χ0v) is 9.05. The first-order chi connectivity index (χ1) is 8.65. The van der Waals surface area contributed by atoms with E-state index in [1.54, 1.807) is 6.07 Å². The molecule has 0 aliphatic carbocycles. The van der Waals surface area contributed by atoms with Crippen molar-refractivity contribution in [3.63, 3.8) is 0 Å². The van der Waals surface area contributed by atoms with E-state index in [0.29, 0.717) is 5.52 Å². The Bertz CT molecular complexity index is 734. The lowest BCUT2D eigenvalue weighted by molar-refractivity contribution is 0.602. The third-order valence-corrected chi connectivity index (χ3v) is 2.65. The lowest BCUT2D eigenvalue weighted by Gasteiger charge is -1.98. The summed E-state index contributed by atoms with van der Waals surface area (Å²) in [5.74, 6) is -1.60. The van der Waals surface area contributed by atoms with Crippen LogP contribution < -0.4 is 0 Å². The molecule has 0 radical (unpaired) electrons. The van der Waals surface area contributed by atoms with Crippen LogP contribution in [0.2, 0.25) is 0 Å². The van der Waals surface area contributed by atoms with Crippen LogP contribution >= 0.6 is 0 Å². The van der Waals surface area contributed by atoms with Gasteiger partial charge in [0.2, 0.25) is 0 Å². The summed E-state index contributed by atoms with van der Waals surface area (Å²) in [5, 5.41) is 0. The smallest absolute Gasteiger partial charge is 0.151 e. The number of fused-ring (bicyclic) bond motifs is 1. The summed E-state index contributed by atoms with van der Waals surface area (Å²) in [5.41, 5.74) is 0.524. The van der Waals surface area contributed by atoms with Crippen LogP contribution in [0, 0.1) is 17.5 Å². The van der Waals surface area contributed by atoms with Crippen molar-refractivity contribution in [3.05, 3.63) is 53.8 Å². The minimum absolute atomic E-state index is 0.0226. The first-order valence-electron chi connectivity index (χ1n) is 5.25. The van der Waals surface area contributed by atoms with E-state index in [-0.39, 0.29) is 16.9 Å². The Kier molecular flexibility index (Phi) is 2.33. The molecular weight excluding hydrogens is 241 g/mol. The SMILES string of the molecule is Fc1ccc(F)c(-c2nc3c(F)cccc3[nH]2)c1. The van der Waals surface area contributed by atoms with Crippen molar-refractivity contribution < 1.29 is 13.2 Å². The molecule has 0 saturated heterocycles. The van der Waals surface area contributed by atoms with Gasteiger partial charge in [0.25, 0.3) is 0 Å². The minimum atomic E-state index is -0.615. The zero-order valence-electron chi connectivity index (χ0n) is 9.05. The molecule has 2 nitrogen and oxygen atoms in total. The van der Waals surface area contributed by atoms with Gasteiger partial charge in [0.1, 0.15) is 23.0 Å². The molecule has 0 amide bonds. The number of halogens is 3. The standard InChI is InChI=1S/C13H7F3N2/c14-7-4-5-9(15)8(6-7)13-17-11-3-1-2-10(16)12(11)18-13/h1-6H,(H,17,18). The number of aromatic amines is 1. The number of nitrogens with one attached hydrogen (secondary N) is 1. The highest BCUT2D eigenvalue weighted by molar-refractivity contribution is 5.79. The molecule has 0 bridgehead atoms. The van der Waals surface area contributed by atoms with Gasteiger partial charge in [0.05, 0.1) is 11.1 Å². The van der Waals surface area contributed by atoms with Gasteiger partial charge in [0.15, 0.2) is 5.82 Å². The molecular formula is C13H7F3N2. The van der Waals surface area contributed by atoms with Crippen molar-refractivity contribution in [1.82, 2.24) is 9.97 Å². The number of H-pyrrole nitrogens is 1. The van der Waals surface area contributed by atoms with Crippen LogP contribution in [0.15, 0.2) is 36.4 Å². The van der Waals surface area contributed by atoms with Gasteiger partial charge in [-0.05, 0) is 30.3 Å². The van der Waals surface area contributed by atoms with E-state index in [1.807, 2.05) is 0 Å². The summed E-state index contributed by atoms with van der Waals surface area (Å²) in [6.45, 7) is 0. The third kappa shape index (κ3) is 1.64. The second-order valence-electron chi connectivity index (χ2n) is 3.85. The first kappa shape index (κ1) is 10.8. The molecule has 0 spiro atoms. The highest BCUT2D eigenvalue weighted by atomic mass is 19.1. The number of benzene rings is 2. The average molecular weight is 248 g/mol. The zero-order chi connectivity index (χ0) is 12.7. The van der Waals surface area contributed by atoms with Crippen molar-refractivity contribution in [2.75, 3.05) is 0 Å². The Hall–Kier alpha value is -2.30. The molecule has 1 N–H and O–H groups in total. The normalized spacial score (nSPS) is 11.1. The Morgan fingerprint density at radius 3 is 2.56 bits per heavy atom. The number of hydrogen-bond donors (Lipinski definition) is 1. The van der Waals surface area contributed by atoms with Gasteiger partial charge in [-0.3, -0.25) is 0 Å². The maximum Gasteiger partial charge on any atom is 0.151 e. The minimum Gasteiger partial charge on any atom is -0.338 e. The highest BCUT2D eigenvalue weighted by Gasteiger charge is 2.12. The summed E-state index contributed by atoms with van der Waals surface area (Å²) < 4.78 is 40.1. The predicted octanol–water partition coefficient (Wildman–Crippen LogP) is 3.65. The fourth-order valence-corrected chi connectivity index (χ4v) is 1.80. The van der Waals surface area contributed by atoms with Crippen LogP contribution in [0.1, 0.15) is 0 Å². The monoisotopic (exact) mass is 248 g/mol. The number of nitrogens with zero attached hydrogens (tertiary/aromatic N) is 1. The predicted molar refractivity (Wildman–Crippen MR) is 61.4 cm³/mol. The van der Waals surface area contributed by atoms with Crippen LogP contribution in [0.4, 0.5) is 13.2 Å². The summed E-state index contributed by atoms with van der Waals surface area (Å²) in [7, 11) is 0. The van der Waals surface area contributed by atoms with Crippen LogP contribution in [0.5, 0.6) is 0 Å². The van der Waals surface area contributed by atoms with E-state index in [0.717, 1.165) is 18.2 Å². The van der Waals surface area contributed by atoms with Gasteiger partial charge in [0, 0.05) is 0 Å². The number of aromatic nitrogens is 2. The molecule has 0 atom stereocenters. The lowest BCUT2D eigenvalue weighted by atomic mass is 10.2. The molecule has 0 aliphatic rings. The van der Waals surface area contributed by atoms with E-state index in [4.69, 9.17) is 0 Å². The third-order valence-electron chi connectivity index (χ3n) is 2.65. The molecule has 3 aromatic rings. The van der Waals surface area contributed by atoms with Crippen molar-refractivity contribution in [3.8, 4) is 11.4 Å². The van der Waals surface area contributed by atoms with E-state index in [2.05, 4.69) is 9.97 Å². The molecule has 2 aromatic carbocycles. The second kappa shape index (κ2) is 3.87. The maximum absolute atomic E-state index is 13.6. The number of para-hydroxylation sites is 1. The Balaban J connectivity index is 2.26. The van der Waals surface area contributed by atoms with Crippen LogP contribution in [-0.2, 0) is 0 Å². The Labute approximate surface area is 100 Å². The summed E-state index contributed by atoms with van der Waals surface area (Å²) in [4.78, 5) is 6.71. The lowest BCUT2D eigenvalue weighted by Crippen LogP contribution is -1.88. The number of hydrogen-bond acceptors (Lipinski definition) is 1. The van der Waals surface area contributed by atoms with Crippen LogP contribution in [0.3, 0.4) is 0 Å². The molecule has 0 aliphatic heterocycles. The second-order valence-corrected chi connectivity index (χ2v) is 3.85. The van der Waals surface area contributed by atoms with Crippen LogP contribution in [-0.4, -0.2) is 9.97 Å². The van der Waals surface area contributed by atoms with Crippen molar-refractivity contribution in [2.24, 2.45) is 0 Å². The summed E-state index contributed by atoms with van der Waals surface area (Å²) in [6, 6.07) is 7.43. The topological polar surface area (TPSA) is 28.7 Å². The molecule has 18 heavy (non-hydrogen) atoms. The quantitative estimate of drug-likeness (QED) is 0.699. The molecule has 5 heteroatoms. The van der Waals surface area contributed by atoms with Gasteiger partial charge in [-0.15, -0.1) is 0 Å². The summed E-state index contributed by atoms with van der Waals surface area (Å²) >= 11 is 0. The van der Waals surface area contributed by atoms with E-state index >= 15 is 0 Å². The summed E-state index contributed by atoms with van der Waals surface area (Å²) in [6.07, 6.45) is 0. The average Bonchev–Trinajstić information content (AvgIpc) is 2.77. The maximum atomic E-state index is 13.6. The van der Waals surface area contributed by atoms with Gasteiger partial charge < -0.3 is 4.98 Å². The Morgan fingerprint density at radius 2 is 1.78 bits per heavy atom. The molecule has 1 heterocycles. The molecule has 90 valence electrons. The molecule has 3 rings (SSSR count). The van der Waals surface area contributed by atoms with E-state index in [9.17, 15) is 13.2 Å². The van der Waals surface area contributed by atoms with Gasteiger partial charge in [-0.2, -0.15) is 0 Å². The van der Waals surface area contributed by atoms with Gasteiger partial charge in [-0.1, -0.05) is 6.07 Å². The molecule has 1 aromatic heterocycles. The highest BCUT2D eigenvalue weighted by Crippen LogP contribution is 2.24. The van der Waals surface area contributed by atoms with Crippen molar-refractivity contribution >= 4 is 11.0 Å². The molecule has 0 saturated carbocycles. The largest absolute Gasteiger partial charge is 0.338 e. The van der Waals surface area contributed by atoms with Crippen LogP contribution in [0.25, 0.3) is 22.4 Å². The molecule has 0 fully saturated rings. The Morgan fingerprint density at radius 1 is 0.944 bits per heavy atom. The van der Waals surface area contributed by atoms with Gasteiger partial charge >= 0.3 is 0 Å². The van der Waals surface area contributed by atoms with E-state index in [1.165, 1.54) is 12.1 Å². The number of imidazole rings is 1.